The summed E-state index contributed by atoms with van der Waals surface area (Å²) in [7, 11) is 1.19. The van der Waals surface area contributed by atoms with Crippen LogP contribution in [-0.2, 0) is 16.1 Å². The third kappa shape index (κ3) is 2.49. The molecule has 7 heteroatoms. The standard InChI is InChI=1S/C10H12N2O5/c1-6-4-7(2)11(5-8(13)17-3)10(14)9(6)12(15)16/h4H,5H2,1-3H3. The molecule has 0 saturated heterocycles. The van der Waals surface area contributed by atoms with E-state index in [4.69, 9.17) is 0 Å². The zero-order chi connectivity index (χ0) is 13.2. The fourth-order valence-electron chi connectivity index (χ4n) is 1.53. The molecule has 0 unspecified atom stereocenters. The summed E-state index contributed by atoms with van der Waals surface area (Å²) in [6, 6.07) is 1.49. The van der Waals surface area contributed by atoms with Crippen LogP contribution in [0.5, 0.6) is 0 Å². The second-order valence-electron chi connectivity index (χ2n) is 3.54. The minimum Gasteiger partial charge on any atom is -0.468 e. The molecule has 0 aromatic carbocycles. The first kappa shape index (κ1) is 12.9. The summed E-state index contributed by atoms with van der Waals surface area (Å²) in [4.78, 5) is 32.9. The fraction of sp³-hybridized carbons (Fsp3) is 0.400. The van der Waals surface area contributed by atoms with Crippen LogP contribution in [0.4, 0.5) is 5.69 Å². The molecule has 7 nitrogen and oxygen atoms in total. The van der Waals surface area contributed by atoms with Crippen molar-refractivity contribution in [1.29, 1.82) is 0 Å². The van der Waals surface area contributed by atoms with E-state index in [0.717, 1.165) is 4.57 Å². The van der Waals surface area contributed by atoms with Crippen molar-refractivity contribution in [2.45, 2.75) is 20.4 Å². The van der Waals surface area contributed by atoms with Gasteiger partial charge in [0, 0.05) is 11.3 Å². The number of aryl methyl sites for hydroxylation is 2. The zero-order valence-electron chi connectivity index (χ0n) is 9.72. The van der Waals surface area contributed by atoms with Gasteiger partial charge in [0.15, 0.2) is 0 Å². The van der Waals surface area contributed by atoms with Gasteiger partial charge in [-0.1, -0.05) is 0 Å². The summed E-state index contributed by atoms with van der Waals surface area (Å²) in [6.07, 6.45) is 0. The Balaban J connectivity index is 3.41. The second-order valence-corrected chi connectivity index (χ2v) is 3.54. The van der Waals surface area contributed by atoms with Crippen molar-refractivity contribution in [3.8, 4) is 0 Å². The Bertz CT molecular complexity index is 532. The van der Waals surface area contributed by atoms with Crippen molar-refractivity contribution >= 4 is 11.7 Å². The van der Waals surface area contributed by atoms with Gasteiger partial charge in [0.05, 0.1) is 12.0 Å². The van der Waals surface area contributed by atoms with Gasteiger partial charge >= 0.3 is 17.2 Å². The van der Waals surface area contributed by atoms with Crippen molar-refractivity contribution < 1.29 is 14.5 Å². The summed E-state index contributed by atoms with van der Waals surface area (Å²) in [5, 5.41) is 10.7. The molecule has 0 radical (unpaired) electrons. The monoisotopic (exact) mass is 240 g/mol. The Morgan fingerprint density at radius 2 is 2.12 bits per heavy atom. The molecule has 0 aliphatic heterocycles. The summed E-state index contributed by atoms with van der Waals surface area (Å²) >= 11 is 0. The van der Waals surface area contributed by atoms with Gasteiger partial charge < -0.3 is 4.74 Å². The molecule has 1 aromatic heterocycles. The minimum absolute atomic E-state index is 0.276. The van der Waals surface area contributed by atoms with E-state index in [1.165, 1.54) is 20.1 Å². The number of aromatic nitrogens is 1. The molecule has 0 bridgehead atoms. The van der Waals surface area contributed by atoms with E-state index in [0.29, 0.717) is 5.69 Å². The van der Waals surface area contributed by atoms with Gasteiger partial charge in [-0.3, -0.25) is 24.3 Å². The van der Waals surface area contributed by atoms with Gasteiger partial charge in [0.25, 0.3) is 0 Å². The molecule has 92 valence electrons. The molecular weight excluding hydrogens is 228 g/mol. The predicted octanol–water partition coefficient (Wildman–Crippen LogP) is 0.546. The topological polar surface area (TPSA) is 91.4 Å². The number of hydrogen-bond acceptors (Lipinski definition) is 5. The van der Waals surface area contributed by atoms with Crippen LogP contribution in [0.3, 0.4) is 0 Å². The number of nitrogens with zero attached hydrogens (tertiary/aromatic N) is 2. The Morgan fingerprint density at radius 1 is 1.53 bits per heavy atom. The van der Waals surface area contributed by atoms with Crippen LogP contribution in [0, 0.1) is 24.0 Å². The van der Waals surface area contributed by atoms with Crippen molar-refractivity contribution in [2.75, 3.05) is 7.11 Å². The molecule has 0 amide bonds. The van der Waals surface area contributed by atoms with Gasteiger partial charge in [-0.2, -0.15) is 0 Å². The Hall–Kier alpha value is -2.18. The highest BCUT2D eigenvalue weighted by Gasteiger charge is 2.21. The predicted molar refractivity (Wildman–Crippen MR) is 58.8 cm³/mol. The Kier molecular flexibility index (Phi) is 3.62. The van der Waals surface area contributed by atoms with Gasteiger partial charge in [0.2, 0.25) is 0 Å². The fourth-order valence-corrected chi connectivity index (χ4v) is 1.53. The Morgan fingerprint density at radius 3 is 2.59 bits per heavy atom. The highest BCUT2D eigenvalue weighted by atomic mass is 16.6. The van der Waals surface area contributed by atoms with Crippen LogP contribution in [0.2, 0.25) is 0 Å². The number of rotatable bonds is 3. The van der Waals surface area contributed by atoms with Crippen LogP contribution in [0.25, 0.3) is 0 Å². The molecule has 17 heavy (non-hydrogen) atoms. The molecule has 0 fully saturated rings. The van der Waals surface area contributed by atoms with Crippen molar-refractivity contribution in [3.05, 3.63) is 37.8 Å². The smallest absolute Gasteiger partial charge is 0.336 e. The highest BCUT2D eigenvalue weighted by Crippen LogP contribution is 2.13. The third-order valence-electron chi connectivity index (χ3n) is 2.37. The highest BCUT2D eigenvalue weighted by molar-refractivity contribution is 5.69. The van der Waals surface area contributed by atoms with Gasteiger partial charge in [-0.05, 0) is 19.9 Å². The summed E-state index contributed by atoms with van der Waals surface area (Å²) in [6.45, 7) is 2.75. The average Bonchev–Trinajstić information content (AvgIpc) is 2.22. The van der Waals surface area contributed by atoms with Gasteiger partial charge in [0.1, 0.15) is 6.54 Å². The number of methoxy groups -OCH3 is 1. The largest absolute Gasteiger partial charge is 0.468 e. The number of hydrogen-bond donors (Lipinski definition) is 0. The van der Waals surface area contributed by atoms with Crippen molar-refractivity contribution in [1.82, 2.24) is 4.57 Å². The molecule has 1 rings (SSSR count). The summed E-state index contributed by atoms with van der Waals surface area (Å²) in [5.74, 6) is -0.631. The lowest BCUT2D eigenvalue weighted by atomic mass is 10.2. The summed E-state index contributed by atoms with van der Waals surface area (Å²) in [5.41, 5.74) is -0.556. The van der Waals surface area contributed by atoms with E-state index in [2.05, 4.69) is 4.74 Å². The van der Waals surface area contributed by atoms with E-state index in [-0.39, 0.29) is 12.1 Å². The molecule has 1 heterocycles. The number of ether oxygens (including phenoxy) is 1. The van der Waals surface area contributed by atoms with Crippen LogP contribution in [0.1, 0.15) is 11.3 Å². The Labute approximate surface area is 96.8 Å². The number of esters is 1. The van der Waals surface area contributed by atoms with E-state index in [9.17, 15) is 19.7 Å². The maximum atomic E-state index is 11.8. The maximum Gasteiger partial charge on any atom is 0.336 e. The van der Waals surface area contributed by atoms with Gasteiger partial charge in [-0.15, -0.1) is 0 Å². The van der Waals surface area contributed by atoms with Crippen LogP contribution < -0.4 is 5.56 Å². The summed E-state index contributed by atoms with van der Waals surface area (Å²) < 4.78 is 5.45. The second kappa shape index (κ2) is 4.77. The first-order valence-electron chi connectivity index (χ1n) is 4.80. The molecule has 0 saturated carbocycles. The van der Waals surface area contributed by atoms with Crippen LogP contribution in [-0.4, -0.2) is 22.6 Å². The SMILES string of the molecule is COC(=O)Cn1c(C)cc(C)c([N+](=O)[O-])c1=O. The van der Waals surface area contributed by atoms with E-state index < -0.39 is 22.1 Å². The quantitative estimate of drug-likeness (QED) is 0.437. The first-order valence-corrected chi connectivity index (χ1v) is 4.80. The van der Waals surface area contributed by atoms with E-state index in [1.54, 1.807) is 6.92 Å². The number of carbonyl (C=O) groups excluding carboxylic acids is 1. The molecule has 0 N–H and O–H groups in total. The molecular formula is C10H12N2O5. The molecule has 0 atom stereocenters. The molecule has 0 spiro atoms. The molecule has 0 aliphatic rings. The van der Waals surface area contributed by atoms with Gasteiger partial charge in [-0.25, -0.2) is 0 Å². The number of carbonyl (C=O) groups is 1. The molecule has 1 aromatic rings. The average molecular weight is 240 g/mol. The number of nitro groups is 1. The lowest BCUT2D eigenvalue weighted by molar-refractivity contribution is -0.387. The molecule has 0 aliphatic carbocycles. The number of pyridine rings is 1. The minimum atomic E-state index is -0.794. The lowest BCUT2D eigenvalue weighted by Crippen LogP contribution is -2.29. The van der Waals surface area contributed by atoms with Crippen LogP contribution in [0.15, 0.2) is 10.9 Å². The van der Waals surface area contributed by atoms with Crippen molar-refractivity contribution in [3.63, 3.8) is 0 Å². The zero-order valence-corrected chi connectivity index (χ0v) is 9.72. The lowest BCUT2D eigenvalue weighted by Gasteiger charge is -2.09. The third-order valence-corrected chi connectivity index (χ3v) is 2.37. The normalized spacial score (nSPS) is 10.1. The first-order chi connectivity index (χ1) is 7.88. The van der Waals surface area contributed by atoms with Crippen molar-refractivity contribution in [2.24, 2.45) is 0 Å². The van der Waals surface area contributed by atoms with E-state index >= 15 is 0 Å². The van der Waals surface area contributed by atoms with E-state index in [1.807, 2.05) is 0 Å². The maximum absolute atomic E-state index is 11.8. The van der Waals surface area contributed by atoms with Crippen LogP contribution >= 0.6 is 0 Å².